The lowest BCUT2D eigenvalue weighted by molar-refractivity contribution is -0.489. The first-order valence-corrected chi connectivity index (χ1v) is 7.64. The van der Waals surface area contributed by atoms with E-state index in [9.17, 15) is 0 Å². The Hall–Kier alpha value is 0.730. The molecular formula is C14H28I+. The molecule has 0 aliphatic heterocycles. The molecule has 1 rings (SSSR count). The number of rotatable bonds is 2. The second-order valence-electron chi connectivity index (χ2n) is 6.58. The topological polar surface area (TPSA) is 0 Å². The van der Waals surface area contributed by atoms with Crippen LogP contribution < -0.4 is 22.6 Å². The molecule has 0 bridgehead atoms. The van der Waals surface area contributed by atoms with Crippen LogP contribution in [0.4, 0.5) is 0 Å². The highest BCUT2D eigenvalue weighted by atomic mass is 127. The largest absolute Gasteiger partial charge is 0.259 e. The Kier molecular flexibility index (Phi) is 4.53. The van der Waals surface area contributed by atoms with Crippen molar-refractivity contribution in [3.05, 3.63) is 0 Å². The molecule has 1 saturated carbocycles. The average Bonchev–Trinajstić information content (AvgIpc) is 2.17. The van der Waals surface area contributed by atoms with E-state index in [1.807, 2.05) is 0 Å². The summed E-state index contributed by atoms with van der Waals surface area (Å²) in [5.41, 5.74) is 0.530. The van der Waals surface area contributed by atoms with Crippen molar-refractivity contribution in [2.45, 2.75) is 70.1 Å². The lowest BCUT2D eigenvalue weighted by Gasteiger charge is -2.39. The van der Waals surface area contributed by atoms with Gasteiger partial charge in [0.25, 0.3) is 22.6 Å². The first-order valence-electron chi connectivity index (χ1n) is 6.48. The van der Waals surface area contributed by atoms with Gasteiger partial charge in [-0.15, -0.1) is 0 Å². The minimum absolute atomic E-state index is 0.530. The maximum absolute atomic E-state index is 2.46. The summed E-state index contributed by atoms with van der Waals surface area (Å²) in [5.74, 6) is 1.94. The first-order chi connectivity index (χ1) is 6.77. The summed E-state index contributed by atoms with van der Waals surface area (Å²) in [6.45, 7) is 12.0. The summed E-state index contributed by atoms with van der Waals surface area (Å²) >= 11 is 2.38. The molecule has 0 aromatic heterocycles. The minimum Gasteiger partial charge on any atom is -0.0608 e. The van der Waals surface area contributed by atoms with Crippen molar-refractivity contribution in [2.75, 3.05) is 0 Å². The van der Waals surface area contributed by atoms with E-state index in [0.29, 0.717) is 8.84 Å². The zero-order chi connectivity index (χ0) is 11.7. The molecule has 15 heavy (non-hydrogen) atoms. The predicted octanol–water partition coefficient (Wildman–Crippen LogP) is 1.29. The van der Waals surface area contributed by atoms with Gasteiger partial charge in [0.05, 0.1) is 0 Å². The van der Waals surface area contributed by atoms with Gasteiger partial charge in [-0.05, 0) is 50.4 Å². The summed E-state index contributed by atoms with van der Waals surface area (Å²) in [4.78, 5) is 0. The van der Waals surface area contributed by atoms with Crippen LogP contribution in [0.15, 0.2) is 0 Å². The Morgan fingerprint density at radius 2 is 1.33 bits per heavy atom. The average molecular weight is 323 g/mol. The summed E-state index contributed by atoms with van der Waals surface area (Å²) in [7, 11) is 0. The van der Waals surface area contributed by atoms with Crippen LogP contribution in [0.2, 0.25) is 0 Å². The molecular weight excluding hydrogens is 295 g/mol. The third-order valence-corrected chi connectivity index (χ3v) is 6.29. The Morgan fingerprint density at radius 1 is 0.933 bits per heavy atom. The van der Waals surface area contributed by atoms with Crippen LogP contribution in [-0.4, -0.2) is 3.42 Å². The molecule has 0 nitrogen and oxygen atoms in total. The lowest BCUT2D eigenvalue weighted by Crippen LogP contribution is -3.43. The second kappa shape index (κ2) is 4.93. The SMILES string of the molecule is CCC(C)([IH+])C1CCC(C(C)(C)C)CC1. The molecule has 1 heteroatoms. The van der Waals surface area contributed by atoms with Crippen molar-refractivity contribution >= 4 is 0 Å². The Bertz CT molecular complexity index is 192. The van der Waals surface area contributed by atoms with E-state index in [1.165, 1.54) is 32.1 Å². The molecule has 1 fully saturated rings. The van der Waals surface area contributed by atoms with E-state index < -0.39 is 0 Å². The van der Waals surface area contributed by atoms with Gasteiger partial charge in [-0.1, -0.05) is 27.7 Å². The van der Waals surface area contributed by atoms with E-state index in [0.717, 1.165) is 11.8 Å². The maximum atomic E-state index is 2.46. The lowest BCUT2D eigenvalue weighted by atomic mass is 9.67. The van der Waals surface area contributed by atoms with E-state index in [4.69, 9.17) is 0 Å². The zero-order valence-electron chi connectivity index (χ0n) is 11.1. The van der Waals surface area contributed by atoms with Crippen molar-refractivity contribution in [3.63, 3.8) is 0 Å². The third kappa shape index (κ3) is 3.61. The second-order valence-corrected chi connectivity index (χ2v) is 9.24. The van der Waals surface area contributed by atoms with Crippen LogP contribution in [0, 0.1) is 17.3 Å². The molecule has 1 aliphatic rings. The molecule has 0 aromatic rings. The van der Waals surface area contributed by atoms with Crippen LogP contribution in [0.5, 0.6) is 0 Å². The first kappa shape index (κ1) is 13.8. The molecule has 1 aliphatic carbocycles. The molecule has 90 valence electrons. The van der Waals surface area contributed by atoms with E-state index >= 15 is 0 Å². The summed E-state index contributed by atoms with van der Waals surface area (Å²) < 4.78 is 0.582. The molecule has 0 radical (unpaired) electrons. The van der Waals surface area contributed by atoms with Gasteiger partial charge in [-0.2, -0.15) is 0 Å². The standard InChI is InChI=1S/C14H28I/c1-6-14(5,15)12-9-7-11(8-10-12)13(2,3)4/h11-12,15H,6-10H2,1-5H3/q+1. The quantitative estimate of drug-likeness (QED) is 0.531. The normalized spacial score (nSPS) is 32.4. The number of halogens is 1. The van der Waals surface area contributed by atoms with Gasteiger partial charge >= 0.3 is 0 Å². The van der Waals surface area contributed by atoms with Crippen molar-refractivity contribution < 1.29 is 22.6 Å². The van der Waals surface area contributed by atoms with E-state index in [2.05, 4.69) is 57.2 Å². The molecule has 0 heterocycles. The molecule has 1 unspecified atom stereocenters. The molecule has 0 aromatic carbocycles. The van der Waals surface area contributed by atoms with E-state index in [-0.39, 0.29) is 0 Å². The van der Waals surface area contributed by atoms with Gasteiger partial charge < -0.3 is 0 Å². The minimum atomic E-state index is 0.530. The van der Waals surface area contributed by atoms with Crippen LogP contribution >= 0.6 is 0 Å². The molecule has 0 amide bonds. The Labute approximate surface area is 110 Å². The van der Waals surface area contributed by atoms with Gasteiger partial charge in [0.1, 0.15) is 0 Å². The number of hydrogen-bond acceptors (Lipinski definition) is 0. The smallest absolute Gasteiger partial charge is 0.0608 e. The van der Waals surface area contributed by atoms with Crippen LogP contribution in [0.25, 0.3) is 0 Å². The highest BCUT2D eigenvalue weighted by molar-refractivity contribution is 4.87. The van der Waals surface area contributed by atoms with Gasteiger partial charge in [0.15, 0.2) is 3.42 Å². The fourth-order valence-electron chi connectivity index (χ4n) is 2.86. The third-order valence-electron chi connectivity index (χ3n) is 4.52. The molecule has 0 N–H and O–H groups in total. The van der Waals surface area contributed by atoms with Crippen LogP contribution in [0.3, 0.4) is 0 Å². The van der Waals surface area contributed by atoms with Gasteiger partial charge in [0.2, 0.25) is 0 Å². The predicted molar refractivity (Wildman–Crippen MR) is 65.0 cm³/mol. The Morgan fingerprint density at radius 3 is 1.67 bits per heavy atom. The summed E-state index contributed by atoms with van der Waals surface area (Å²) in [5, 5.41) is 0. The Balaban J connectivity index is 2.50. The fourth-order valence-corrected chi connectivity index (χ4v) is 3.53. The number of hydrogen-bond donors (Lipinski definition) is 0. The van der Waals surface area contributed by atoms with Crippen molar-refractivity contribution in [2.24, 2.45) is 17.3 Å². The highest BCUT2D eigenvalue weighted by Crippen LogP contribution is 2.42. The fraction of sp³-hybridized carbons (Fsp3) is 1.00. The highest BCUT2D eigenvalue weighted by Gasteiger charge is 2.41. The van der Waals surface area contributed by atoms with Gasteiger partial charge in [0, 0.05) is 5.92 Å². The van der Waals surface area contributed by atoms with Crippen LogP contribution in [-0.2, 0) is 0 Å². The van der Waals surface area contributed by atoms with Crippen molar-refractivity contribution in [1.82, 2.24) is 0 Å². The molecule has 1 atom stereocenters. The summed E-state index contributed by atoms with van der Waals surface area (Å²) in [6.07, 6.45) is 7.18. The summed E-state index contributed by atoms with van der Waals surface area (Å²) in [6, 6.07) is 0. The van der Waals surface area contributed by atoms with E-state index in [1.54, 1.807) is 0 Å². The van der Waals surface area contributed by atoms with Gasteiger partial charge in [-0.25, -0.2) is 0 Å². The molecule has 0 spiro atoms. The van der Waals surface area contributed by atoms with Gasteiger partial charge in [-0.3, -0.25) is 0 Å². The number of alkyl halides is 1. The maximum Gasteiger partial charge on any atom is 0.259 e. The zero-order valence-corrected chi connectivity index (χ0v) is 13.4. The van der Waals surface area contributed by atoms with Crippen molar-refractivity contribution in [1.29, 1.82) is 0 Å². The van der Waals surface area contributed by atoms with Crippen molar-refractivity contribution in [3.8, 4) is 0 Å². The van der Waals surface area contributed by atoms with Crippen LogP contribution in [0.1, 0.15) is 66.7 Å². The monoisotopic (exact) mass is 323 g/mol. The molecule has 0 saturated heterocycles.